The number of carbonyl (C=O) groups is 1. The Hall–Kier alpha value is -3.93. The average molecular weight is 384 g/mol. The van der Waals surface area contributed by atoms with Crippen LogP contribution in [-0.4, -0.2) is 28.9 Å². The van der Waals surface area contributed by atoms with E-state index in [9.17, 15) is 4.79 Å². The van der Waals surface area contributed by atoms with E-state index in [1.165, 1.54) is 0 Å². The Morgan fingerprint density at radius 1 is 1.03 bits per heavy atom. The fourth-order valence-corrected chi connectivity index (χ4v) is 3.23. The maximum atomic E-state index is 12.5. The van der Waals surface area contributed by atoms with Crippen LogP contribution in [0, 0.1) is 0 Å². The number of hydrogen-bond donors (Lipinski definition) is 2. The number of ether oxygens (including phenoxy) is 1. The predicted molar refractivity (Wildman–Crippen MR) is 114 cm³/mol. The molecule has 29 heavy (non-hydrogen) atoms. The Balaban J connectivity index is 1.55. The van der Waals surface area contributed by atoms with Crippen molar-refractivity contribution < 1.29 is 9.53 Å². The summed E-state index contributed by atoms with van der Waals surface area (Å²) in [5.74, 6) is 0.328. The molecule has 0 saturated carbocycles. The van der Waals surface area contributed by atoms with Crippen molar-refractivity contribution in [2.24, 2.45) is 5.10 Å². The van der Waals surface area contributed by atoms with Gasteiger partial charge in [0, 0.05) is 11.1 Å². The van der Waals surface area contributed by atoms with Crippen LogP contribution in [0.5, 0.6) is 5.75 Å². The second-order valence-corrected chi connectivity index (χ2v) is 6.53. The molecule has 1 heterocycles. The SMILES string of the molecule is COc1ccccc1-c1cc(C(=O)NN=C(C)c2cccc3ccccc23)[nH]n1. The van der Waals surface area contributed by atoms with Gasteiger partial charge in [-0.15, -0.1) is 0 Å². The molecule has 0 aliphatic heterocycles. The van der Waals surface area contributed by atoms with E-state index in [2.05, 4.69) is 32.9 Å². The Bertz CT molecular complexity index is 1200. The standard InChI is InChI=1S/C23H20N4O2/c1-15(17-12-7-9-16-8-3-4-10-18(16)17)24-27-23(28)21-14-20(25-26-21)19-11-5-6-13-22(19)29-2/h3-14H,1-2H3,(H,25,26)(H,27,28). The molecule has 0 atom stereocenters. The maximum absolute atomic E-state index is 12.5. The molecule has 6 nitrogen and oxygen atoms in total. The molecule has 0 spiro atoms. The van der Waals surface area contributed by atoms with Crippen molar-refractivity contribution >= 4 is 22.4 Å². The molecule has 1 aromatic heterocycles. The minimum absolute atomic E-state index is 0.320. The fraction of sp³-hybridized carbons (Fsp3) is 0.0870. The molecule has 0 bridgehead atoms. The minimum atomic E-state index is -0.363. The van der Waals surface area contributed by atoms with Gasteiger partial charge in [-0.05, 0) is 35.9 Å². The molecule has 6 heteroatoms. The second kappa shape index (κ2) is 7.98. The van der Waals surface area contributed by atoms with Crippen LogP contribution < -0.4 is 10.2 Å². The number of H-pyrrole nitrogens is 1. The van der Waals surface area contributed by atoms with Gasteiger partial charge in [-0.25, -0.2) is 5.43 Å². The van der Waals surface area contributed by atoms with Crippen LogP contribution >= 0.6 is 0 Å². The van der Waals surface area contributed by atoms with E-state index in [-0.39, 0.29) is 5.91 Å². The molecule has 2 N–H and O–H groups in total. The highest BCUT2D eigenvalue weighted by atomic mass is 16.5. The van der Waals surface area contributed by atoms with Crippen molar-refractivity contribution in [3.8, 4) is 17.0 Å². The van der Waals surface area contributed by atoms with E-state index in [4.69, 9.17) is 4.74 Å². The molecule has 0 saturated heterocycles. The summed E-state index contributed by atoms with van der Waals surface area (Å²) >= 11 is 0. The summed E-state index contributed by atoms with van der Waals surface area (Å²) in [6.07, 6.45) is 0. The lowest BCUT2D eigenvalue weighted by Gasteiger charge is -2.06. The van der Waals surface area contributed by atoms with E-state index in [0.717, 1.165) is 27.6 Å². The van der Waals surface area contributed by atoms with E-state index >= 15 is 0 Å². The number of nitrogens with one attached hydrogen (secondary N) is 2. The average Bonchev–Trinajstić information content (AvgIpc) is 3.27. The van der Waals surface area contributed by atoms with Crippen LogP contribution in [0.15, 0.2) is 77.9 Å². The van der Waals surface area contributed by atoms with Crippen molar-refractivity contribution in [1.82, 2.24) is 15.6 Å². The Labute approximate surface area is 168 Å². The Morgan fingerprint density at radius 3 is 2.66 bits per heavy atom. The van der Waals surface area contributed by atoms with Gasteiger partial charge in [0.25, 0.3) is 5.91 Å². The van der Waals surface area contributed by atoms with Gasteiger partial charge in [0.2, 0.25) is 0 Å². The quantitative estimate of drug-likeness (QED) is 0.396. The minimum Gasteiger partial charge on any atom is -0.496 e. The third-order valence-corrected chi connectivity index (χ3v) is 4.71. The normalized spacial score (nSPS) is 11.4. The molecule has 0 unspecified atom stereocenters. The summed E-state index contributed by atoms with van der Waals surface area (Å²) in [6.45, 7) is 1.87. The molecule has 4 rings (SSSR count). The largest absolute Gasteiger partial charge is 0.496 e. The molecule has 0 aliphatic carbocycles. The third-order valence-electron chi connectivity index (χ3n) is 4.71. The number of hydrogen-bond acceptors (Lipinski definition) is 4. The van der Waals surface area contributed by atoms with Crippen molar-refractivity contribution in [1.29, 1.82) is 0 Å². The Kier molecular flexibility index (Phi) is 5.07. The van der Waals surface area contributed by atoms with Gasteiger partial charge in [0.05, 0.1) is 18.5 Å². The summed E-state index contributed by atoms with van der Waals surface area (Å²) in [5, 5.41) is 13.5. The number of hydrazone groups is 1. The second-order valence-electron chi connectivity index (χ2n) is 6.53. The van der Waals surface area contributed by atoms with Gasteiger partial charge < -0.3 is 4.74 Å². The molecule has 4 aromatic rings. The van der Waals surface area contributed by atoms with Gasteiger partial charge in [-0.2, -0.15) is 10.2 Å². The van der Waals surface area contributed by atoms with Crippen molar-refractivity contribution in [2.45, 2.75) is 6.92 Å². The van der Waals surface area contributed by atoms with Gasteiger partial charge >= 0.3 is 0 Å². The lowest BCUT2D eigenvalue weighted by Crippen LogP contribution is -2.19. The zero-order chi connectivity index (χ0) is 20.2. The molecule has 1 amide bonds. The van der Waals surface area contributed by atoms with Crippen LogP contribution in [0.3, 0.4) is 0 Å². The monoisotopic (exact) mass is 384 g/mol. The van der Waals surface area contributed by atoms with Crippen LogP contribution in [-0.2, 0) is 0 Å². The number of para-hydroxylation sites is 1. The smallest absolute Gasteiger partial charge is 0.289 e. The number of benzene rings is 3. The highest BCUT2D eigenvalue weighted by molar-refractivity contribution is 6.10. The first-order valence-electron chi connectivity index (χ1n) is 9.19. The number of amides is 1. The number of nitrogens with zero attached hydrogens (tertiary/aromatic N) is 2. The zero-order valence-electron chi connectivity index (χ0n) is 16.1. The van der Waals surface area contributed by atoms with Gasteiger partial charge in [-0.1, -0.05) is 54.6 Å². The van der Waals surface area contributed by atoms with E-state index in [1.807, 2.05) is 61.5 Å². The highest BCUT2D eigenvalue weighted by Crippen LogP contribution is 2.28. The van der Waals surface area contributed by atoms with Crippen molar-refractivity contribution in [2.75, 3.05) is 7.11 Å². The zero-order valence-corrected chi connectivity index (χ0v) is 16.1. The van der Waals surface area contributed by atoms with E-state index in [1.54, 1.807) is 13.2 Å². The first-order valence-corrected chi connectivity index (χ1v) is 9.19. The fourth-order valence-electron chi connectivity index (χ4n) is 3.23. The Morgan fingerprint density at radius 2 is 1.79 bits per heavy atom. The topological polar surface area (TPSA) is 79.4 Å². The number of aromatic nitrogens is 2. The number of fused-ring (bicyclic) bond motifs is 1. The number of carbonyl (C=O) groups excluding carboxylic acids is 1. The number of aromatic amines is 1. The summed E-state index contributed by atoms with van der Waals surface area (Å²) in [4.78, 5) is 12.5. The first-order chi connectivity index (χ1) is 14.2. The lowest BCUT2D eigenvalue weighted by atomic mass is 10.0. The van der Waals surface area contributed by atoms with Crippen LogP contribution in [0.25, 0.3) is 22.0 Å². The predicted octanol–water partition coefficient (Wildman–Crippen LogP) is 4.39. The molecule has 0 radical (unpaired) electrons. The van der Waals surface area contributed by atoms with Gasteiger partial charge in [0.1, 0.15) is 11.4 Å². The number of rotatable bonds is 5. The molecular weight excluding hydrogens is 364 g/mol. The first kappa shape index (κ1) is 18.4. The van der Waals surface area contributed by atoms with Crippen molar-refractivity contribution in [3.05, 3.63) is 84.1 Å². The molecule has 0 fully saturated rings. The highest BCUT2D eigenvalue weighted by Gasteiger charge is 2.13. The molecule has 3 aromatic carbocycles. The van der Waals surface area contributed by atoms with Crippen LogP contribution in [0.2, 0.25) is 0 Å². The summed E-state index contributed by atoms with van der Waals surface area (Å²) in [6, 6.07) is 23.3. The summed E-state index contributed by atoms with van der Waals surface area (Å²) in [7, 11) is 1.60. The third kappa shape index (κ3) is 3.73. The van der Waals surface area contributed by atoms with Crippen LogP contribution in [0.1, 0.15) is 23.0 Å². The van der Waals surface area contributed by atoms with Gasteiger partial charge in [-0.3, -0.25) is 9.89 Å². The molecule has 144 valence electrons. The molecule has 0 aliphatic rings. The van der Waals surface area contributed by atoms with Crippen LogP contribution in [0.4, 0.5) is 0 Å². The van der Waals surface area contributed by atoms with Gasteiger partial charge in [0.15, 0.2) is 0 Å². The molecular formula is C23H20N4O2. The number of methoxy groups -OCH3 is 1. The van der Waals surface area contributed by atoms with Crippen molar-refractivity contribution in [3.63, 3.8) is 0 Å². The summed E-state index contributed by atoms with van der Waals surface area (Å²) < 4.78 is 5.36. The maximum Gasteiger partial charge on any atom is 0.289 e. The summed E-state index contributed by atoms with van der Waals surface area (Å²) in [5.41, 5.74) is 6.05. The lowest BCUT2D eigenvalue weighted by molar-refractivity contribution is 0.0950. The van der Waals surface area contributed by atoms with E-state index in [0.29, 0.717) is 17.1 Å². The van der Waals surface area contributed by atoms with E-state index < -0.39 is 0 Å².